The first-order valence-electron chi connectivity index (χ1n) is 7.76. The molecule has 1 aliphatic carbocycles. The van der Waals surface area contributed by atoms with Crippen molar-refractivity contribution in [2.75, 3.05) is 17.3 Å². The molecule has 1 atom stereocenters. The van der Waals surface area contributed by atoms with Crippen LogP contribution < -0.4 is 0 Å². The largest absolute Gasteiger partial charge is 0.416 e. The molecule has 7 heteroatoms. The van der Waals surface area contributed by atoms with Crippen molar-refractivity contribution in [3.63, 3.8) is 0 Å². The van der Waals surface area contributed by atoms with Gasteiger partial charge >= 0.3 is 0 Å². The number of aromatic nitrogens is 2. The van der Waals surface area contributed by atoms with Gasteiger partial charge in [-0.1, -0.05) is 31.0 Å². The summed E-state index contributed by atoms with van der Waals surface area (Å²) in [4.78, 5) is 0. The second kappa shape index (κ2) is 6.69. The van der Waals surface area contributed by atoms with Crippen LogP contribution in [-0.4, -0.2) is 35.9 Å². The summed E-state index contributed by atoms with van der Waals surface area (Å²) in [5.41, 5.74) is 0. The van der Waals surface area contributed by atoms with Gasteiger partial charge in [0.2, 0.25) is 5.89 Å². The molecule has 1 aliphatic heterocycles. The molecule has 0 spiro atoms. The Morgan fingerprint density at radius 3 is 2.62 bits per heavy atom. The summed E-state index contributed by atoms with van der Waals surface area (Å²) in [6.07, 6.45) is 8.00. The predicted octanol–water partition coefficient (Wildman–Crippen LogP) is 2.72. The second-order valence-electron chi connectivity index (χ2n) is 6.25. The fourth-order valence-electron chi connectivity index (χ4n) is 3.20. The molecular weight excluding hydrogens is 308 g/mol. The average molecular weight is 330 g/mol. The molecule has 0 N–H and O–H groups in total. The minimum Gasteiger partial charge on any atom is -0.416 e. The Labute approximate surface area is 130 Å². The van der Waals surface area contributed by atoms with Crippen LogP contribution in [-0.2, 0) is 16.3 Å². The van der Waals surface area contributed by atoms with Gasteiger partial charge in [-0.15, -0.1) is 10.2 Å². The van der Waals surface area contributed by atoms with E-state index in [4.69, 9.17) is 4.42 Å². The van der Waals surface area contributed by atoms with Crippen molar-refractivity contribution in [3.8, 4) is 0 Å². The number of hydrogen-bond donors (Lipinski definition) is 0. The molecule has 5 nitrogen and oxygen atoms in total. The molecule has 0 bridgehead atoms. The van der Waals surface area contributed by atoms with E-state index in [1.807, 2.05) is 0 Å². The average Bonchev–Trinajstić information content (AvgIpc) is 3.04. The second-order valence-corrected chi connectivity index (χ2v) is 9.45. The van der Waals surface area contributed by atoms with E-state index in [1.54, 1.807) is 11.8 Å². The molecule has 2 heterocycles. The van der Waals surface area contributed by atoms with E-state index in [2.05, 4.69) is 10.2 Å². The van der Waals surface area contributed by atoms with Gasteiger partial charge in [-0.2, -0.15) is 0 Å². The van der Waals surface area contributed by atoms with Crippen LogP contribution in [0.25, 0.3) is 0 Å². The Morgan fingerprint density at radius 2 is 1.90 bits per heavy atom. The molecule has 0 unspecified atom stereocenters. The van der Waals surface area contributed by atoms with E-state index in [9.17, 15) is 8.42 Å². The molecule has 21 heavy (non-hydrogen) atoms. The molecule has 0 amide bonds. The summed E-state index contributed by atoms with van der Waals surface area (Å²) in [7, 11) is -2.83. The lowest BCUT2D eigenvalue weighted by atomic mass is 9.91. The van der Waals surface area contributed by atoms with Crippen LogP contribution in [0.1, 0.15) is 44.4 Å². The molecule has 118 valence electrons. The van der Waals surface area contributed by atoms with Crippen LogP contribution in [0, 0.1) is 11.8 Å². The van der Waals surface area contributed by atoms with Crippen molar-refractivity contribution in [2.24, 2.45) is 11.8 Å². The summed E-state index contributed by atoms with van der Waals surface area (Å²) in [5.74, 6) is 3.13. The number of sulfone groups is 1. The monoisotopic (exact) mass is 330 g/mol. The Kier molecular flexibility index (Phi) is 4.88. The van der Waals surface area contributed by atoms with Crippen LogP contribution in [0.5, 0.6) is 0 Å². The van der Waals surface area contributed by atoms with E-state index >= 15 is 0 Å². The fraction of sp³-hybridized carbons (Fsp3) is 0.857. The van der Waals surface area contributed by atoms with Crippen molar-refractivity contribution >= 4 is 21.6 Å². The smallest absolute Gasteiger partial charge is 0.276 e. The summed E-state index contributed by atoms with van der Waals surface area (Å²) in [5, 5.41) is 8.77. The first kappa shape index (κ1) is 15.3. The highest BCUT2D eigenvalue weighted by Gasteiger charge is 2.29. The fourth-order valence-corrected chi connectivity index (χ4v) is 6.03. The summed E-state index contributed by atoms with van der Waals surface area (Å²) in [6.45, 7) is 0. The molecular formula is C14H22N2O3S2. The standard InChI is InChI=1S/C14H22N2O3S2/c17-21(18)7-6-12(10-21)8-13-15-16-14(19-13)20-9-11-4-2-1-3-5-11/h11-12H,1-10H2/t12-/m0/s1. The molecule has 3 rings (SSSR count). The Balaban J connectivity index is 1.47. The van der Waals surface area contributed by atoms with Crippen molar-refractivity contribution in [1.29, 1.82) is 0 Å². The zero-order valence-corrected chi connectivity index (χ0v) is 13.8. The Bertz CT molecular complexity index is 565. The molecule has 0 radical (unpaired) electrons. The summed E-state index contributed by atoms with van der Waals surface area (Å²) >= 11 is 1.65. The Morgan fingerprint density at radius 1 is 1.10 bits per heavy atom. The Hall–Kier alpha value is -0.560. The minimum atomic E-state index is -2.83. The third-order valence-corrected chi connectivity index (χ3v) is 7.29. The maximum absolute atomic E-state index is 11.4. The third-order valence-electron chi connectivity index (χ3n) is 4.41. The van der Waals surface area contributed by atoms with Gasteiger partial charge in [-0.3, -0.25) is 0 Å². The molecule has 1 saturated heterocycles. The van der Waals surface area contributed by atoms with Gasteiger partial charge in [0.05, 0.1) is 11.5 Å². The lowest BCUT2D eigenvalue weighted by molar-refractivity contribution is 0.379. The van der Waals surface area contributed by atoms with Gasteiger partial charge in [-0.05, 0) is 31.1 Å². The van der Waals surface area contributed by atoms with Crippen LogP contribution >= 0.6 is 11.8 Å². The molecule has 2 aliphatic rings. The molecule has 1 aromatic rings. The van der Waals surface area contributed by atoms with Crippen molar-refractivity contribution in [2.45, 2.75) is 50.2 Å². The minimum absolute atomic E-state index is 0.145. The molecule has 1 saturated carbocycles. The van der Waals surface area contributed by atoms with Crippen LogP contribution in [0.15, 0.2) is 9.64 Å². The van der Waals surface area contributed by atoms with E-state index in [-0.39, 0.29) is 11.7 Å². The lowest BCUT2D eigenvalue weighted by Crippen LogP contribution is -2.08. The number of thioether (sulfide) groups is 1. The quantitative estimate of drug-likeness (QED) is 0.773. The topological polar surface area (TPSA) is 73.1 Å². The van der Waals surface area contributed by atoms with E-state index in [0.29, 0.717) is 23.3 Å². The van der Waals surface area contributed by atoms with Crippen molar-refractivity contribution < 1.29 is 12.8 Å². The highest BCUT2D eigenvalue weighted by atomic mass is 32.2. The molecule has 2 fully saturated rings. The zero-order chi connectivity index (χ0) is 14.7. The molecule has 1 aromatic heterocycles. The zero-order valence-electron chi connectivity index (χ0n) is 12.2. The maximum atomic E-state index is 11.4. The van der Waals surface area contributed by atoms with Gasteiger partial charge < -0.3 is 4.42 Å². The van der Waals surface area contributed by atoms with Crippen LogP contribution in [0.4, 0.5) is 0 Å². The van der Waals surface area contributed by atoms with E-state index < -0.39 is 9.84 Å². The van der Waals surface area contributed by atoms with Gasteiger partial charge in [0.1, 0.15) is 0 Å². The SMILES string of the molecule is O=S1(=O)CC[C@@H](Cc2nnc(SCC3CCCCC3)o2)C1. The highest BCUT2D eigenvalue weighted by Crippen LogP contribution is 2.30. The van der Waals surface area contributed by atoms with Gasteiger partial charge in [-0.25, -0.2) is 8.42 Å². The number of hydrogen-bond acceptors (Lipinski definition) is 6. The predicted molar refractivity (Wildman–Crippen MR) is 82.1 cm³/mol. The number of rotatable bonds is 5. The molecule has 0 aromatic carbocycles. The highest BCUT2D eigenvalue weighted by molar-refractivity contribution is 7.99. The van der Waals surface area contributed by atoms with Crippen molar-refractivity contribution in [3.05, 3.63) is 5.89 Å². The van der Waals surface area contributed by atoms with Crippen molar-refractivity contribution in [1.82, 2.24) is 10.2 Å². The van der Waals surface area contributed by atoms with Gasteiger partial charge in [0.15, 0.2) is 9.84 Å². The number of nitrogens with zero attached hydrogens (tertiary/aromatic N) is 2. The van der Waals surface area contributed by atoms with E-state index in [1.165, 1.54) is 32.1 Å². The van der Waals surface area contributed by atoms with Crippen LogP contribution in [0.3, 0.4) is 0 Å². The maximum Gasteiger partial charge on any atom is 0.276 e. The summed E-state index contributed by atoms with van der Waals surface area (Å²) in [6, 6.07) is 0. The summed E-state index contributed by atoms with van der Waals surface area (Å²) < 4.78 is 28.5. The lowest BCUT2D eigenvalue weighted by Gasteiger charge is -2.19. The van der Waals surface area contributed by atoms with Gasteiger partial charge in [0.25, 0.3) is 5.22 Å². The van der Waals surface area contributed by atoms with Crippen LogP contribution in [0.2, 0.25) is 0 Å². The van der Waals surface area contributed by atoms with Gasteiger partial charge in [0, 0.05) is 12.2 Å². The third kappa shape index (κ3) is 4.45. The first-order valence-corrected chi connectivity index (χ1v) is 10.6. The first-order chi connectivity index (χ1) is 10.1. The normalized spacial score (nSPS) is 26.2. The van der Waals surface area contributed by atoms with E-state index in [0.717, 1.165) is 18.1 Å².